The lowest BCUT2D eigenvalue weighted by atomic mass is 10.3. The Balaban J connectivity index is 1.93. The first kappa shape index (κ1) is 12.9. The van der Waals surface area contributed by atoms with Gasteiger partial charge in [0.25, 0.3) is 0 Å². The van der Waals surface area contributed by atoms with Gasteiger partial charge in [-0.25, -0.2) is 0 Å². The number of hydrogen-bond donors (Lipinski definition) is 1. The number of ether oxygens (including phenoxy) is 2. The average Bonchev–Trinajstić information content (AvgIpc) is 3.04. The minimum absolute atomic E-state index is 0.0591. The first-order valence-corrected chi connectivity index (χ1v) is 6.13. The quantitative estimate of drug-likeness (QED) is 0.531. The third kappa shape index (κ3) is 6.12. The fourth-order valence-corrected chi connectivity index (χ4v) is 1.88. The molecule has 1 aliphatic rings. The molecule has 0 spiro atoms. The summed E-state index contributed by atoms with van der Waals surface area (Å²) >= 11 is 3.55. The number of amides is 1. The first-order chi connectivity index (χ1) is 7.24. The van der Waals surface area contributed by atoms with E-state index in [1.807, 2.05) is 0 Å². The maximum Gasteiger partial charge on any atom is 0.246 e. The highest BCUT2D eigenvalue weighted by atomic mass is 79.9. The molecule has 5 heteroatoms. The Bertz CT molecular complexity index is 197. The molecule has 0 saturated heterocycles. The van der Waals surface area contributed by atoms with Crippen molar-refractivity contribution >= 4 is 21.8 Å². The van der Waals surface area contributed by atoms with E-state index in [0.29, 0.717) is 24.6 Å². The predicted octanol–water partition coefficient (Wildman–Crippen LogP) is 0.939. The zero-order valence-corrected chi connectivity index (χ0v) is 10.6. The monoisotopic (exact) mass is 279 g/mol. The van der Waals surface area contributed by atoms with E-state index in [2.05, 4.69) is 21.2 Å². The Morgan fingerprint density at radius 1 is 1.53 bits per heavy atom. The maximum atomic E-state index is 11.3. The molecule has 0 aliphatic heterocycles. The second kappa shape index (κ2) is 7.19. The molecule has 0 aromatic carbocycles. The van der Waals surface area contributed by atoms with E-state index < -0.39 is 0 Å². The van der Waals surface area contributed by atoms with Crippen molar-refractivity contribution in [2.45, 2.75) is 17.7 Å². The van der Waals surface area contributed by atoms with Gasteiger partial charge in [-0.1, -0.05) is 15.9 Å². The summed E-state index contributed by atoms with van der Waals surface area (Å²) in [7, 11) is 1.61. The molecule has 88 valence electrons. The summed E-state index contributed by atoms with van der Waals surface area (Å²) in [5.74, 6) is 0.691. The number of hydrogen-bond acceptors (Lipinski definition) is 3. The molecule has 15 heavy (non-hydrogen) atoms. The highest BCUT2D eigenvalue weighted by molar-refractivity contribution is 9.09. The molecule has 0 heterocycles. The summed E-state index contributed by atoms with van der Waals surface area (Å²) in [4.78, 5) is 11.7. The van der Waals surface area contributed by atoms with Crippen molar-refractivity contribution in [3.8, 4) is 0 Å². The smallest absolute Gasteiger partial charge is 0.246 e. The van der Waals surface area contributed by atoms with Crippen LogP contribution in [-0.2, 0) is 14.3 Å². The van der Waals surface area contributed by atoms with E-state index in [0.717, 1.165) is 5.92 Å². The molecule has 4 nitrogen and oxygen atoms in total. The molecule has 0 aromatic heterocycles. The van der Waals surface area contributed by atoms with Gasteiger partial charge in [0.1, 0.15) is 6.61 Å². The molecule has 1 N–H and O–H groups in total. The first-order valence-electron chi connectivity index (χ1n) is 5.21. The largest absolute Gasteiger partial charge is 0.382 e. The molecular weight excluding hydrogens is 262 g/mol. The molecule has 1 unspecified atom stereocenters. The Kier molecular flexibility index (Phi) is 6.20. The van der Waals surface area contributed by atoms with Crippen LogP contribution in [0, 0.1) is 5.92 Å². The van der Waals surface area contributed by atoms with Crippen LogP contribution in [0.5, 0.6) is 0 Å². The summed E-state index contributed by atoms with van der Waals surface area (Å²) in [6.07, 6.45) is 2.55. The van der Waals surface area contributed by atoms with Gasteiger partial charge >= 0.3 is 0 Å². The minimum atomic E-state index is -0.0591. The second-order valence-corrected chi connectivity index (χ2v) is 4.88. The fourth-order valence-electron chi connectivity index (χ4n) is 1.19. The van der Waals surface area contributed by atoms with Gasteiger partial charge in [0.2, 0.25) is 5.91 Å². The zero-order chi connectivity index (χ0) is 11.1. The highest BCUT2D eigenvalue weighted by Crippen LogP contribution is 2.36. The Labute approximate surface area is 98.8 Å². The normalized spacial score (nSPS) is 17.5. The van der Waals surface area contributed by atoms with Crippen LogP contribution in [0.2, 0.25) is 0 Å². The highest BCUT2D eigenvalue weighted by Gasteiger charge is 2.29. The predicted molar refractivity (Wildman–Crippen MR) is 61.1 cm³/mol. The van der Waals surface area contributed by atoms with E-state index in [-0.39, 0.29) is 12.5 Å². The van der Waals surface area contributed by atoms with E-state index in [4.69, 9.17) is 9.47 Å². The fraction of sp³-hybridized carbons (Fsp3) is 0.900. The van der Waals surface area contributed by atoms with Crippen molar-refractivity contribution in [2.75, 3.05) is 33.5 Å². The number of halogens is 1. The second-order valence-electron chi connectivity index (χ2n) is 3.70. The third-order valence-corrected chi connectivity index (χ3v) is 3.36. The standard InChI is InChI=1S/C10H18BrNO3/c1-14-4-5-15-7-10(13)12-6-9(11)8-2-3-8/h8-9H,2-7H2,1H3,(H,12,13). The van der Waals surface area contributed by atoms with Crippen LogP contribution < -0.4 is 5.32 Å². The van der Waals surface area contributed by atoms with E-state index in [9.17, 15) is 4.79 Å². The van der Waals surface area contributed by atoms with Gasteiger partial charge in [0.05, 0.1) is 13.2 Å². The summed E-state index contributed by atoms with van der Waals surface area (Å²) < 4.78 is 9.89. The van der Waals surface area contributed by atoms with E-state index >= 15 is 0 Å². The van der Waals surface area contributed by atoms with Crippen molar-refractivity contribution in [3.63, 3.8) is 0 Å². The number of alkyl halides is 1. The summed E-state index contributed by atoms with van der Waals surface area (Å²) in [5, 5.41) is 2.83. The van der Waals surface area contributed by atoms with Gasteiger partial charge in [-0.15, -0.1) is 0 Å². The summed E-state index contributed by atoms with van der Waals surface area (Å²) in [5.41, 5.74) is 0. The molecule has 1 amide bonds. The van der Waals surface area contributed by atoms with Crippen LogP contribution in [-0.4, -0.2) is 44.2 Å². The van der Waals surface area contributed by atoms with Crippen LogP contribution in [0.4, 0.5) is 0 Å². The van der Waals surface area contributed by atoms with Crippen molar-refractivity contribution in [2.24, 2.45) is 5.92 Å². The lowest BCUT2D eigenvalue weighted by molar-refractivity contribution is -0.126. The minimum Gasteiger partial charge on any atom is -0.382 e. The average molecular weight is 280 g/mol. The molecule has 0 radical (unpaired) electrons. The molecule has 1 rings (SSSR count). The molecular formula is C10H18BrNO3. The van der Waals surface area contributed by atoms with Crippen LogP contribution in [0.25, 0.3) is 0 Å². The van der Waals surface area contributed by atoms with Crippen LogP contribution >= 0.6 is 15.9 Å². The van der Waals surface area contributed by atoms with Crippen molar-refractivity contribution in [3.05, 3.63) is 0 Å². The molecule has 1 aliphatic carbocycles. The van der Waals surface area contributed by atoms with Crippen molar-refractivity contribution in [1.82, 2.24) is 5.32 Å². The number of rotatable bonds is 8. The van der Waals surface area contributed by atoms with Gasteiger partial charge in [-0.05, 0) is 18.8 Å². The van der Waals surface area contributed by atoms with Gasteiger partial charge in [0.15, 0.2) is 0 Å². The Morgan fingerprint density at radius 3 is 2.87 bits per heavy atom. The van der Waals surface area contributed by atoms with Gasteiger partial charge in [-0.3, -0.25) is 4.79 Å². The van der Waals surface area contributed by atoms with Gasteiger partial charge in [-0.2, -0.15) is 0 Å². The van der Waals surface area contributed by atoms with Gasteiger partial charge in [0, 0.05) is 18.5 Å². The lowest BCUT2D eigenvalue weighted by Crippen LogP contribution is -2.33. The van der Waals surface area contributed by atoms with Crippen LogP contribution in [0.1, 0.15) is 12.8 Å². The topological polar surface area (TPSA) is 47.6 Å². The molecule has 1 atom stereocenters. The van der Waals surface area contributed by atoms with Crippen molar-refractivity contribution < 1.29 is 14.3 Å². The zero-order valence-electron chi connectivity index (χ0n) is 9.00. The van der Waals surface area contributed by atoms with E-state index in [1.54, 1.807) is 7.11 Å². The van der Waals surface area contributed by atoms with Crippen molar-refractivity contribution in [1.29, 1.82) is 0 Å². The number of carbonyl (C=O) groups excluding carboxylic acids is 1. The van der Waals surface area contributed by atoms with Gasteiger partial charge < -0.3 is 14.8 Å². The lowest BCUT2D eigenvalue weighted by Gasteiger charge is -2.10. The molecule has 1 saturated carbocycles. The SMILES string of the molecule is COCCOCC(=O)NCC(Br)C1CC1. The molecule has 1 fully saturated rings. The number of methoxy groups -OCH3 is 1. The third-order valence-electron chi connectivity index (χ3n) is 2.29. The Morgan fingerprint density at radius 2 is 2.27 bits per heavy atom. The van der Waals surface area contributed by atoms with E-state index in [1.165, 1.54) is 12.8 Å². The number of carbonyl (C=O) groups is 1. The summed E-state index contributed by atoms with van der Waals surface area (Å²) in [6.45, 7) is 1.80. The summed E-state index contributed by atoms with van der Waals surface area (Å²) in [6, 6.07) is 0. The Hall–Kier alpha value is -0.130. The van der Waals surface area contributed by atoms with Crippen LogP contribution in [0.3, 0.4) is 0 Å². The molecule has 0 aromatic rings. The van der Waals surface area contributed by atoms with Crippen LogP contribution in [0.15, 0.2) is 0 Å². The maximum absolute atomic E-state index is 11.3. The number of nitrogens with one attached hydrogen (secondary N) is 1. The molecule has 0 bridgehead atoms.